The monoisotopic (exact) mass is 255 g/mol. The molecule has 0 spiro atoms. The molecule has 2 heterocycles. The van der Waals surface area contributed by atoms with Gasteiger partial charge in [0, 0.05) is 35.4 Å². The fourth-order valence-corrected chi connectivity index (χ4v) is 2.62. The molecule has 2 atom stereocenters. The Labute approximate surface area is 112 Å². The smallest absolute Gasteiger partial charge is 0.229 e. The molecule has 1 saturated heterocycles. The summed E-state index contributed by atoms with van der Waals surface area (Å²) in [6.45, 7) is 3.79. The molecular formula is C15H17N3O. The zero-order valence-electron chi connectivity index (χ0n) is 10.9. The second-order valence-corrected chi connectivity index (χ2v) is 5.13. The lowest BCUT2D eigenvalue weighted by Gasteiger charge is -2.15. The summed E-state index contributed by atoms with van der Waals surface area (Å²) < 4.78 is 0. The van der Waals surface area contributed by atoms with E-state index in [1.165, 1.54) is 0 Å². The van der Waals surface area contributed by atoms with Crippen LogP contribution in [-0.4, -0.2) is 24.0 Å². The number of amides is 1. The third-order valence-electron chi connectivity index (χ3n) is 3.79. The van der Waals surface area contributed by atoms with E-state index in [-0.39, 0.29) is 11.8 Å². The molecule has 0 radical (unpaired) electrons. The Balaban J connectivity index is 1.87. The van der Waals surface area contributed by atoms with Crippen molar-refractivity contribution >= 4 is 22.4 Å². The van der Waals surface area contributed by atoms with Crippen LogP contribution in [0.4, 0.5) is 5.69 Å². The third-order valence-corrected chi connectivity index (χ3v) is 3.79. The average Bonchev–Trinajstić information content (AvgIpc) is 2.85. The molecule has 2 aromatic rings. The Morgan fingerprint density at radius 1 is 1.37 bits per heavy atom. The minimum absolute atomic E-state index is 0.0529. The van der Waals surface area contributed by atoms with Crippen molar-refractivity contribution in [3.05, 3.63) is 36.7 Å². The standard InChI is InChI=1S/C15H17N3O/c1-10-7-17-9-13(10)15(19)18-14-4-2-3-11-8-16-6-5-12(11)14/h2-6,8,10,13,17H,7,9H2,1H3,(H,18,19). The highest BCUT2D eigenvalue weighted by Crippen LogP contribution is 2.24. The fourth-order valence-electron chi connectivity index (χ4n) is 2.62. The number of aromatic nitrogens is 1. The van der Waals surface area contributed by atoms with E-state index in [2.05, 4.69) is 22.5 Å². The number of fused-ring (bicyclic) bond motifs is 1. The molecular weight excluding hydrogens is 238 g/mol. The topological polar surface area (TPSA) is 54.0 Å². The first-order chi connectivity index (χ1) is 9.25. The summed E-state index contributed by atoms with van der Waals surface area (Å²) in [5.74, 6) is 0.538. The van der Waals surface area contributed by atoms with E-state index in [0.29, 0.717) is 5.92 Å². The van der Waals surface area contributed by atoms with Crippen LogP contribution < -0.4 is 10.6 Å². The summed E-state index contributed by atoms with van der Waals surface area (Å²) in [5, 5.41) is 8.38. The van der Waals surface area contributed by atoms with Gasteiger partial charge in [-0.2, -0.15) is 0 Å². The Bertz CT molecular complexity index is 606. The summed E-state index contributed by atoms with van der Waals surface area (Å²) in [6.07, 6.45) is 3.56. The molecule has 0 bridgehead atoms. The summed E-state index contributed by atoms with van der Waals surface area (Å²) in [7, 11) is 0. The Hall–Kier alpha value is -1.94. The summed E-state index contributed by atoms with van der Waals surface area (Å²) in [6, 6.07) is 7.81. The van der Waals surface area contributed by atoms with Crippen molar-refractivity contribution in [2.45, 2.75) is 6.92 Å². The van der Waals surface area contributed by atoms with Crippen molar-refractivity contribution in [2.24, 2.45) is 11.8 Å². The Morgan fingerprint density at radius 2 is 2.26 bits per heavy atom. The minimum Gasteiger partial charge on any atom is -0.325 e. The van der Waals surface area contributed by atoms with Crippen LogP contribution in [-0.2, 0) is 4.79 Å². The van der Waals surface area contributed by atoms with Crippen LogP contribution >= 0.6 is 0 Å². The lowest BCUT2D eigenvalue weighted by atomic mass is 9.97. The maximum Gasteiger partial charge on any atom is 0.229 e. The highest BCUT2D eigenvalue weighted by atomic mass is 16.1. The van der Waals surface area contributed by atoms with E-state index < -0.39 is 0 Å². The van der Waals surface area contributed by atoms with Crippen molar-refractivity contribution in [2.75, 3.05) is 18.4 Å². The number of nitrogens with one attached hydrogen (secondary N) is 2. The molecule has 4 nitrogen and oxygen atoms in total. The summed E-state index contributed by atoms with van der Waals surface area (Å²) in [5.41, 5.74) is 0.865. The Morgan fingerprint density at radius 3 is 3.05 bits per heavy atom. The van der Waals surface area contributed by atoms with E-state index in [0.717, 1.165) is 29.5 Å². The van der Waals surface area contributed by atoms with E-state index in [1.807, 2.05) is 30.5 Å². The van der Waals surface area contributed by atoms with Crippen LogP contribution in [0.1, 0.15) is 6.92 Å². The van der Waals surface area contributed by atoms with E-state index in [9.17, 15) is 4.79 Å². The van der Waals surface area contributed by atoms with Gasteiger partial charge in [-0.15, -0.1) is 0 Å². The van der Waals surface area contributed by atoms with Gasteiger partial charge < -0.3 is 10.6 Å². The molecule has 2 unspecified atom stereocenters. The Kier molecular flexibility index (Phi) is 3.17. The van der Waals surface area contributed by atoms with Gasteiger partial charge in [0.15, 0.2) is 0 Å². The molecule has 3 rings (SSSR count). The van der Waals surface area contributed by atoms with E-state index in [4.69, 9.17) is 0 Å². The number of benzene rings is 1. The third kappa shape index (κ3) is 2.31. The number of pyridine rings is 1. The molecule has 1 aromatic carbocycles. The van der Waals surface area contributed by atoms with E-state index >= 15 is 0 Å². The average molecular weight is 255 g/mol. The molecule has 1 aromatic heterocycles. The van der Waals surface area contributed by atoms with Crippen LogP contribution in [0.3, 0.4) is 0 Å². The largest absolute Gasteiger partial charge is 0.325 e. The normalized spacial score (nSPS) is 22.6. The minimum atomic E-state index is 0.0529. The lowest BCUT2D eigenvalue weighted by molar-refractivity contribution is -0.120. The molecule has 1 fully saturated rings. The molecule has 19 heavy (non-hydrogen) atoms. The molecule has 1 aliphatic rings. The zero-order valence-corrected chi connectivity index (χ0v) is 10.9. The van der Waals surface area contributed by atoms with Crippen LogP contribution in [0.2, 0.25) is 0 Å². The second-order valence-electron chi connectivity index (χ2n) is 5.13. The van der Waals surface area contributed by atoms with Gasteiger partial charge in [0.05, 0.1) is 5.92 Å². The number of hydrogen-bond donors (Lipinski definition) is 2. The van der Waals surface area contributed by atoms with E-state index in [1.54, 1.807) is 6.20 Å². The van der Waals surface area contributed by atoms with Gasteiger partial charge in [0.2, 0.25) is 5.91 Å². The quantitative estimate of drug-likeness (QED) is 0.863. The SMILES string of the molecule is CC1CNCC1C(=O)Nc1cccc2cnccc12. The molecule has 4 heteroatoms. The number of carbonyl (C=O) groups excluding carboxylic acids is 1. The number of nitrogens with zero attached hydrogens (tertiary/aromatic N) is 1. The molecule has 0 aliphatic carbocycles. The van der Waals surface area contributed by atoms with Crippen molar-refractivity contribution < 1.29 is 4.79 Å². The molecule has 1 aliphatic heterocycles. The highest BCUT2D eigenvalue weighted by Gasteiger charge is 2.29. The van der Waals surface area contributed by atoms with Crippen LogP contribution in [0.5, 0.6) is 0 Å². The lowest BCUT2D eigenvalue weighted by Crippen LogP contribution is -2.27. The van der Waals surface area contributed by atoms with Crippen molar-refractivity contribution in [1.29, 1.82) is 0 Å². The molecule has 1 amide bonds. The molecule has 2 N–H and O–H groups in total. The molecule has 98 valence electrons. The van der Waals surface area contributed by atoms with Crippen molar-refractivity contribution in [3.63, 3.8) is 0 Å². The molecule has 0 saturated carbocycles. The fraction of sp³-hybridized carbons (Fsp3) is 0.333. The number of carbonyl (C=O) groups is 1. The van der Waals surface area contributed by atoms with Crippen LogP contribution in [0.15, 0.2) is 36.7 Å². The van der Waals surface area contributed by atoms with Gasteiger partial charge in [0.1, 0.15) is 0 Å². The van der Waals surface area contributed by atoms with Gasteiger partial charge >= 0.3 is 0 Å². The van der Waals surface area contributed by atoms with Gasteiger partial charge in [-0.3, -0.25) is 9.78 Å². The first kappa shape index (κ1) is 12.1. The predicted octanol–water partition coefficient (Wildman–Crippen LogP) is 2.03. The predicted molar refractivity (Wildman–Crippen MR) is 75.9 cm³/mol. The zero-order chi connectivity index (χ0) is 13.2. The summed E-state index contributed by atoms with van der Waals surface area (Å²) >= 11 is 0. The van der Waals surface area contributed by atoms with Gasteiger partial charge in [-0.05, 0) is 24.6 Å². The van der Waals surface area contributed by atoms with Crippen molar-refractivity contribution in [3.8, 4) is 0 Å². The van der Waals surface area contributed by atoms with Crippen LogP contribution in [0, 0.1) is 11.8 Å². The number of hydrogen-bond acceptors (Lipinski definition) is 3. The highest BCUT2D eigenvalue weighted by molar-refractivity contribution is 6.02. The van der Waals surface area contributed by atoms with Crippen LogP contribution in [0.25, 0.3) is 10.8 Å². The summed E-state index contributed by atoms with van der Waals surface area (Å²) in [4.78, 5) is 16.4. The first-order valence-corrected chi connectivity index (χ1v) is 6.60. The van der Waals surface area contributed by atoms with Gasteiger partial charge in [0.25, 0.3) is 0 Å². The first-order valence-electron chi connectivity index (χ1n) is 6.60. The number of rotatable bonds is 2. The maximum absolute atomic E-state index is 12.3. The second kappa shape index (κ2) is 4.97. The number of anilines is 1. The maximum atomic E-state index is 12.3. The van der Waals surface area contributed by atoms with Crippen molar-refractivity contribution in [1.82, 2.24) is 10.3 Å². The van der Waals surface area contributed by atoms with Gasteiger partial charge in [-0.1, -0.05) is 19.1 Å². The van der Waals surface area contributed by atoms with Gasteiger partial charge in [-0.25, -0.2) is 0 Å².